The molecule has 0 radical (unpaired) electrons. The van der Waals surface area contributed by atoms with Gasteiger partial charge in [-0.2, -0.15) is 0 Å². The highest BCUT2D eigenvalue weighted by molar-refractivity contribution is 5.26. The normalized spacial score (nSPS) is 25.1. The molecular formula is C9H14N2. The molecule has 1 aromatic heterocycles. The number of aromatic amines is 1. The van der Waals surface area contributed by atoms with Gasteiger partial charge in [-0.05, 0) is 18.7 Å². The Kier molecular flexibility index (Phi) is 1.50. The number of rotatable bonds is 0. The fraction of sp³-hybridized carbons (Fsp3) is 0.556. The van der Waals surface area contributed by atoms with E-state index in [1.54, 1.807) is 0 Å². The van der Waals surface area contributed by atoms with Gasteiger partial charge in [0.2, 0.25) is 0 Å². The maximum absolute atomic E-state index is 3.30. The first-order valence-corrected chi connectivity index (χ1v) is 4.12. The Bertz CT molecular complexity index is 252. The van der Waals surface area contributed by atoms with Crippen LogP contribution in [0.5, 0.6) is 0 Å². The van der Waals surface area contributed by atoms with Crippen molar-refractivity contribution >= 4 is 0 Å². The van der Waals surface area contributed by atoms with Crippen molar-refractivity contribution in [2.24, 2.45) is 0 Å². The van der Waals surface area contributed by atoms with Crippen molar-refractivity contribution in [1.82, 2.24) is 9.88 Å². The van der Waals surface area contributed by atoms with E-state index >= 15 is 0 Å². The lowest BCUT2D eigenvalue weighted by molar-refractivity contribution is 0.286. The molecule has 2 heterocycles. The average Bonchev–Trinajstić information content (AvgIpc) is 2.34. The summed E-state index contributed by atoms with van der Waals surface area (Å²) in [6, 6.07) is 2.18. The molecule has 2 heteroatoms. The Balaban J connectivity index is 2.36. The second-order valence-electron chi connectivity index (χ2n) is 3.51. The van der Waals surface area contributed by atoms with E-state index in [1.807, 2.05) is 6.20 Å². The van der Waals surface area contributed by atoms with Gasteiger partial charge in [0.1, 0.15) is 0 Å². The average molecular weight is 150 g/mol. The standard InChI is InChI=1S/C9H14N2/c1-7-5-11(2)6-8-3-4-10-9(7)8/h3-4,7,10H,5-6H2,1-2H3. The van der Waals surface area contributed by atoms with Crippen molar-refractivity contribution in [2.75, 3.05) is 13.6 Å². The molecule has 0 fully saturated rings. The Labute approximate surface area is 67.2 Å². The predicted octanol–water partition coefficient (Wildman–Crippen LogP) is 1.56. The third kappa shape index (κ3) is 1.07. The number of hydrogen-bond donors (Lipinski definition) is 1. The molecule has 0 saturated carbocycles. The summed E-state index contributed by atoms with van der Waals surface area (Å²) >= 11 is 0. The van der Waals surface area contributed by atoms with Gasteiger partial charge in [-0.25, -0.2) is 0 Å². The van der Waals surface area contributed by atoms with E-state index in [0.717, 1.165) is 6.54 Å². The fourth-order valence-electron chi connectivity index (χ4n) is 1.93. The van der Waals surface area contributed by atoms with Gasteiger partial charge in [-0.15, -0.1) is 0 Å². The van der Waals surface area contributed by atoms with Gasteiger partial charge in [0.05, 0.1) is 0 Å². The molecule has 0 amide bonds. The monoisotopic (exact) mass is 150 g/mol. The van der Waals surface area contributed by atoms with E-state index < -0.39 is 0 Å². The van der Waals surface area contributed by atoms with E-state index in [4.69, 9.17) is 0 Å². The Morgan fingerprint density at radius 1 is 1.64 bits per heavy atom. The van der Waals surface area contributed by atoms with Crippen LogP contribution >= 0.6 is 0 Å². The zero-order valence-electron chi connectivity index (χ0n) is 7.09. The van der Waals surface area contributed by atoms with Gasteiger partial charge in [0.25, 0.3) is 0 Å². The van der Waals surface area contributed by atoms with Crippen molar-refractivity contribution in [3.8, 4) is 0 Å². The molecule has 1 aliphatic heterocycles. The summed E-state index contributed by atoms with van der Waals surface area (Å²) in [6.45, 7) is 4.54. The molecule has 0 aliphatic carbocycles. The van der Waals surface area contributed by atoms with Crippen molar-refractivity contribution in [1.29, 1.82) is 0 Å². The first-order chi connectivity index (χ1) is 5.27. The molecule has 1 aliphatic rings. The molecule has 0 bridgehead atoms. The molecule has 0 aromatic carbocycles. The SMILES string of the molecule is CC1CN(C)Cc2cc[nH]c21. The number of H-pyrrole nitrogens is 1. The van der Waals surface area contributed by atoms with Gasteiger partial charge in [-0.1, -0.05) is 6.92 Å². The first-order valence-electron chi connectivity index (χ1n) is 4.12. The number of hydrogen-bond acceptors (Lipinski definition) is 1. The van der Waals surface area contributed by atoms with Gasteiger partial charge < -0.3 is 9.88 Å². The Morgan fingerprint density at radius 2 is 2.45 bits per heavy atom. The molecule has 2 rings (SSSR count). The van der Waals surface area contributed by atoms with E-state index in [9.17, 15) is 0 Å². The van der Waals surface area contributed by atoms with E-state index in [2.05, 4.69) is 29.9 Å². The number of fused-ring (bicyclic) bond motifs is 1. The summed E-state index contributed by atoms with van der Waals surface area (Å²) in [6.07, 6.45) is 2.04. The second kappa shape index (κ2) is 2.38. The van der Waals surface area contributed by atoms with Crippen molar-refractivity contribution in [2.45, 2.75) is 19.4 Å². The molecule has 1 unspecified atom stereocenters. The smallest absolute Gasteiger partial charge is 0.0248 e. The van der Waals surface area contributed by atoms with Crippen molar-refractivity contribution in [3.63, 3.8) is 0 Å². The highest BCUT2D eigenvalue weighted by Crippen LogP contribution is 2.24. The maximum atomic E-state index is 3.30. The summed E-state index contributed by atoms with van der Waals surface area (Å²) in [5.74, 6) is 0.666. The van der Waals surface area contributed by atoms with Crippen LogP contribution in [0.4, 0.5) is 0 Å². The third-order valence-corrected chi connectivity index (χ3v) is 2.39. The molecule has 1 aromatic rings. The molecule has 0 spiro atoms. The van der Waals surface area contributed by atoms with E-state index in [0.29, 0.717) is 5.92 Å². The summed E-state index contributed by atoms with van der Waals surface area (Å²) in [5, 5.41) is 0. The predicted molar refractivity (Wildman–Crippen MR) is 45.5 cm³/mol. The van der Waals surface area contributed by atoms with E-state index in [1.165, 1.54) is 17.8 Å². The third-order valence-electron chi connectivity index (χ3n) is 2.39. The van der Waals surface area contributed by atoms with Crippen LogP contribution in [0.15, 0.2) is 12.3 Å². The minimum absolute atomic E-state index is 0.666. The molecular weight excluding hydrogens is 136 g/mol. The van der Waals surface area contributed by atoms with Crippen LogP contribution in [-0.4, -0.2) is 23.5 Å². The minimum Gasteiger partial charge on any atom is -0.364 e. The quantitative estimate of drug-likeness (QED) is 0.594. The molecule has 2 nitrogen and oxygen atoms in total. The van der Waals surface area contributed by atoms with Crippen LogP contribution in [0.25, 0.3) is 0 Å². The topological polar surface area (TPSA) is 19.0 Å². The van der Waals surface area contributed by atoms with Crippen LogP contribution in [0, 0.1) is 0 Å². The first kappa shape index (κ1) is 6.92. The Morgan fingerprint density at radius 3 is 3.27 bits per heavy atom. The van der Waals surface area contributed by atoms with Crippen LogP contribution in [0.1, 0.15) is 24.1 Å². The lowest BCUT2D eigenvalue weighted by Gasteiger charge is -2.27. The zero-order chi connectivity index (χ0) is 7.84. The largest absolute Gasteiger partial charge is 0.364 e. The lowest BCUT2D eigenvalue weighted by atomic mass is 9.99. The highest BCUT2D eigenvalue weighted by Gasteiger charge is 2.19. The number of aromatic nitrogens is 1. The zero-order valence-corrected chi connectivity index (χ0v) is 7.09. The van der Waals surface area contributed by atoms with Gasteiger partial charge in [0.15, 0.2) is 0 Å². The summed E-state index contributed by atoms with van der Waals surface area (Å²) in [7, 11) is 2.17. The van der Waals surface area contributed by atoms with Crippen LogP contribution in [0.3, 0.4) is 0 Å². The lowest BCUT2D eigenvalue weighted by Crippen LogP contribution is -2.28. The van der Waals surface area contributed by atoms with Crippen LogP contribution < -0.4 is 0 Å². The molecule has 0 saturated heterocycles. The van der Waals surface area contributed by atoms with Crippen LogP contribution in [0.2, 0.25) is 0 Å². The molecule has 11 heavy (non-hydrogen) atoms. The number of likely N-dealkylation sites (N-methyl/N-ethyl adjacent to an activating group) is 1. The molecule has 1 N–H and O–H groups in total. The fourth-order valence-corrected chi connectivity index (χ4v) is 1.93. The van der Waals surface area contributed by atoms with Gasteiger partial charge in [-0.3, -0.25) is 0 Å². The minimum atomic E-state index is 0.666. The number of nitrogens with one attached hydrogen (secondary N) is 1. The summed E-state index contributed by atoms with van der Waals surface area (Å²) in [4.78, 5) is 5.66. The molecule has 1 atom stereocenters. The van der Waals surface area contributed by atoms with E-state index in [-0.39, 0.29) is 0 Å². The second-order valence-corrected chi connectivity index (χ2v) is 3.51. The molecule has 60 valence electrons. The van der Waals surface area contributed by atoms with Crippen molar-refractivity contribution < 1.29 is 0 Å². The summed E-state index contributed by atoms with van der Waals surface area (Å²) < 4.78 is 0. The Hall–Kier alpha value is -0.760. The van der Waals surface area contributed by atoms with Crippen LogP contribution in [-0.2, 0) is 6.54 Å². The maximum Gasteiger partial charge on any atom is 0.0248 e. The van der Waals surface area contributed by atoms with Gasteiger partial charge in [0, 0.05) is 30.9 Å². The summed E-state index contributed by atoms with van der Waals surface area (Å²) in [5.41, 5.74) is 2.90. The van der Waals surface area contributed by atoms with Crippen molar-refractivity contribution in [3.05, 3.63) is 23.5 Å². The highest BCUT2D eigenvalue weighted by atomic mass is 15.1. The van der Waals surface area contributed by atoms with Gasteiger partial charge >= 0.3 is 0 Å². The number of nitrogens with zero attached hydrogens (tertiary/aromatic N) is 1.